The highest BCUT2D eigenvalue weighted by atomic mass is 79.9. The number of hydrogen-bond acceptors (Lipinski definition) is 4. The number of cyclic esters (lactones) is 1. The number of halogens is 2. The Bertz CT molecular complexity index is 709. The third-order valence-electron chi connectivity index (χ3n) is 3.71. The maximum absolute atomic E-state index is 12.2. The van der Waals surface area contributed by atoms with Crippen LogP contribution in [-0.4, -0.2) is 17.0 Å². The van der Waals surface area contributed by atoms with Crippen molar-refractivity contribution in [3.8, 4) is 0 Å². The second-order valence-corrected chi connectivity index (χ2v) is 7.17. The molecule has 3 rings (SSSR count). The summed E-state index contributed by atoms with van der Waals surface area (Å²) >= 11 is 6.80. The van der Waals surface area contributed by atoms with Crippen molar-refractivity contribution in [2.24, 2.45) is 0 Å². The fraction of sp³-hybridized carbons (Fsp3) is 0.250. The first kappa shape index (κ1) is 15.5. The number of pyridine rings is 1. The normalized spacial score (nSPS) is 24.1. The summed E-state index contributed by atoms with van der Waals surface area (Å²) in [5.41, 5.74) is 0.383. The average molecular weight is 426 g/mol. The van der Waals surface area contributed by atoms with E-state index in [4.69, 9.17) is 4.74 Å². The van der Waals surface area contributed by atoms with Crippen LogP contribution in [0.3, 0.4) is 0 Å². The fourth-order valence-electron chi connectivity index (χ4n) is 2.57. The molecule has 1 fully saturated rings. The third-order valence-corrected chi connectivity index (χ3v) is 4.75. The zero-order valence-electron chi connectivity index (χ0n) is 11.8. The molecule has 1 N–H and O–H groups in total. The van der Waals surface area contributed by atoms with E-state index in [9.17, 15) is 4.79 Å². The molecule has 0 radical (unpaired) electrons. The van der Waals surface area contributed by atoms with Gasteiger partial charge in [-0.05, 0) is 50.4 Å². The van der Waals surface area contributed by atoms with Crippen LogP contribution >= 0.6 is 31.9 Å². The Balaban J connectivity index is 1.80. The van der Waals surface area contributed by atoms with Crippen molar-refractivity contribution in [1.29, 1.82) is 0 Å². The minimum absolute atomic E-state index is 0.261. The Kier molecular flexibility index (Phi) is 4.23. The molecular weight excluding hydrogens is 412 g/mol. The standard InChI is InChI=1S/C16H14Br2N2O2/c1-16(10-5-3-2-4-6-10)8-13(15(21)22-16)20-14-12(18)7-11(17)9-19-14/h2-7,9,13H,8H2,1H3,(H,19,20). The van der Waals surface area contributed by atoms with Gasteiger partial charge in [0.2, 0.25) is 0 Å². The van der Waals surface area contributed by atoms with Gasteiger partial charge in [-0.15, -0.1) is 0 Å². The van der Waals surface area contributed by atoms with Crippen LogP contribution in [0.5, 0.6) is 0 Å². The van der Waals surface area contributed by atoms with E-state index < -0.39 is 11.6 Å². The van der Waals surface area contributed by atoms with Gasteiger partial charge in [0.25, 0.3) is 0 Å². The van der Waals surface area contributed by atoms with Gasteiger partial charge in [0.05, 0.1) is 4.47 Å². The number of benzene rings is 1. The SMILES string of the molecule is CC1(c2ccccc2)CC(Nc2ncc(Br)cc2Br)C(=O)O1. The molecule has 0 saturated carbocycles. The van der Waals surface area contributed by atoms with Crippen LogP contribution in [-0.2, 0) is 15.1 Å². The Morgan fingerprint density at radius 3 is 2.73 bits per heavy atom. The van der Waals surface area contributed by atoms with Crippen molar-refractivity contribution in [3.05, 3.63) is 57.1 Å². The van der Waals surface area contributed by atoms with E-state index in [0.29, 0.717) is 12.2 Å². The third kappa shape index (κ3) is 3.03. The topological polar surface area (TPSA) is 51.2 Å². The van der Waals surface area contributed by atoms with Gasteiger partial charge in [-0.1, -0.05) is 30.3 Å². The fourth-order valence-corrected chi connectivity index (χ4v) is 3.67. The Labute approximate surface area is 145 Å². The molecule has 0 spiro atoms. The summed E-state index contributed by atoms with van der Waals surface area (Å²) in [7, 11) is 0. The maximum atomic E-state index is 12.2. The Morgan fingerprint density at radius 2 is 2.05 bits per heavy atom. The van der Waals surface area contributed by atoms with E-state index in [0.717, 1.165) is 14.5 Å². The van der Waals surface area contributed by atoms with Gasteiger partial charge >= 0.3 is 5.97 Å². The number of nitrogens with zero attached hydrogens (tertiary/aromatic N) is 1. The molecule has 1 aromatic heterocycles. The van der Waals surface area contributed by atoms with Crippen molar-refractivity contribution in [2.75, 3.05) is 5.32 Å². The van der Waals surface area contributed by atoms with Gasteiger partial charge in [-0.2, -0.15) is 0 Å². The maximum Gasteiger partial charge on any atom is 0.329 e. The van der Waals surface area contributed by atoms with E-state index in [-0.39, 0.29) is 5.97 Å². The largest absolute Gasteiger partial charge is 0.453 e. The van der Waals surface area contributed by atoms with Crippen molar-refractivity contribution >= 4 is 43.6 Å². The first-order valence-electron chi connectivity index (χ1n) is 6.84. The second kappa shape index (κ2) is 6.01. The summed E-state index contributed by atoms with van der Waals surface area (Å²) in [6, 6.07) is 11.3. The van der Waals surface area contributed by atoms with Gasteiger partial charge in [0, 0.05) is 17.1 Å². The molecule has 0 amide bonds. The minimum atomic E-state index is -0.613. The molecule has 1 aliphatic rings. The van der Waals surface area contributed by atoms with Crippen molar-refractivity contribution in [3.63, 3.8) is 0 Å². The summed E-state index contributed by atoms with van der Waals surface area (Å²) in [5, 5.41) is 3.16. The quantitative estimate of drug-likeness (QED) is 0.747. The number of carbonyl (C=O) groups is 1. The van der Waals surface area contributed by atoms with Gasteiger partial charge in [-0.25, -0.2) is 9.78 Å². The molecule has 114 valence electrons. The van der Waals surface area contributed by atoms with Crippen LogP contribution < -0.4 is 5.32 Å². The number of nitrogens with one attached hydrogen (secondary N) is 1. The number of anilines is 1. The lowest BCUT2D eigenvalue weighted by Crippen LogP contribution is -2.25. The van der Waals surface area contributed by atoms with Crippen LogP contribution in [0.4, 0.5) is 5.82 Å². The first-order valence-corrected chi connectivity index (χ1v) is 8.42. The summed E-state index contributed by atoms with van der Waals surface area (Å²) in [5.74, 6) is 0.366. The molecule has 0 bridgehead atoms. The summed E-state index contributed by atoms with van der Waals surface area (Å²) in [4.78, 5) is 16.5. The lowest BCUT2D eigenvalue weighted by molar-refractivity contribution is -0.148. The molecule has 22 heavy (non-hydrogen) atoms. The summed E-state index contributed by atoms with van der Waals surface area (Å²) in [6.45, 7) is 1.94. The summed E-state index contributed by atoms with van der Waals surface area (Å²) < 4.78 is 7.29. The Hall–Kier alpha value is -1.40. The number of rotatable bonds is 3. The predicted octanol–water partition coefficient (Wildman–Crippen LogP) is 4.25. The lowest BCUT2D eigenvalue weighted by atomic mass is 9.91. The highest BCUT2D eigenvalue weighted by Crippen LogP contribution is 2.38. The molecule has 1 aliphatic heterocycles. The predicted molar refractivity (Wildman–Crippen MR) is 91.6 cm³/mol. The van der Waals surface area contributed by atoms with Crippen LogP contribution in [0.1, 0.15) is 18.9 Å². The zero-order chi connectivity index (χ0) is 15.7. The molecule has 2 atom stereocenters. The zero-order valence-corrected chi connectivity index (χ0v) is 15.0. The molecule has 1 aromatic carbocycles. The number of hydrogen-bond donors (Lipinski definition) is 1. The van der Waals surface area contributed by atoms with E-state index in [1.165, 1.54) is 0 Å². The monoisotopic (exact) mass is 424 g/mol. The van der Waals surface area contributed by atoms with Gasteiger partial charge in [0.1, 0.15) is 17.5 Å². The summed E-state index contributed by atoms with van der Waals surface area (Å²) in [6.07, 6.45) is 2.24. The van der Waals surface area contributed by atoms with Crippen LogP contribution in [0.15, 0.2) is 51.5 Å². The molecule has 6 heteroatoms. The van der Waals surface area contributed by atoms with Gasteiger partial charge in [-0.3, -0.25) is 0 Å². The minimum Gasteiger partial charge on any atom is -0.453 e. The molecule has 4 nitrogen and oxygen atoms in total. The number of ether oxygens (including phenoxy) is 1. The molecule has 2 unspecified atom stereocenters. The smallest absolute Gasteiger partial charge is 0.329 e. The molecule has 0 aliphatic carbocycles. The van der Waals surface area contributed by atoms with Gasteiger partial charge in [0.15, 0.2) is 0 Å². The number of aromatic nitrogens is 1. The molecule has 2 heterocycles. The van der Waals surface area contributed by atoms with E-state index >= 15 is 0 Å². The van der Waals surface area contributed by atoms with E-state index in [1.807, 2.05) is 43.3 Å². The highest BCUT2D eigenvalue weighted by Gasteiger charge is 2.44. The van der Waals surface area contributed by atoms with E-state index in [2.05, 4.69) is 42.2 Å². The van der Waals surface area contributed by atoms with Crippen LogP contribution in [0, 0.1) is 0 Å². The molecule has 1 saturated heterocycles. The highest BCUT2D eigenvalue weighted by molar-refractivity contribution is 9.11. The molecular formula is C16H14Br2N2O2. The van der Waals surface area contributed by atoms with E-state index in [1.54, 1.807) is 6.20 Å². The average Bonchev–Trinajstić information content (AvgIpc) is 2.79. The second-order valence-electron chi connectivity index (χ2n) is 5.40. The number of esters is 1. The van der Waals surface area contributed by atoms with Crippen molar-refractivity contribution in [1.82, 2.24) is 4.98 Å². The van der Waals surface area contributed by atoms with Crippen LogP contribution in [0.2, 0.25) is 0 Å². The van der Waals surface area contributed by atoms with Crippen molar-refractivity contribution < 1.29 is 9.53 Å². The molecule has 2 aromatic rings. The van der Waals surface area contributed by atoms with Crippen molar-refractivity contribution in [2.45, 2.75) is 25.0 Å². The Morgan fingerprint density at radius 1 is 1.32 bits per heavy atom. The lowest BCUT2D eigenvalue weighted by Gasteiger charge is -2.22. The number of carbonyl (C=O) groups excluding carboxylic acids is 1. The van der Waals surface area contributed by atoms with Gasteiger partial charge < -0.3 is 10.1 Å². The van der Waals surface area contributed by atoms with Crippen LogP contribution in [0.25, 0.3) is 0 Å². The first-order chi connectivity index (χ1) is 10.5.